The normalized spacial score (nSPS) is 12.1. The van der Waals surface area contributed by atoms with Gasteiger partial charge in [0.25, 0.3) is 0 Å². The smallest absolute Gasteiger partial charge is 0.335 e. The molecule has 0 aliphatic carbocycles. The van der Waals surface area contributed by atoms with Crippen molar-refractivity contribution in [3.8, 4) is 0 Å². The summed E-state index contributed by atoms with van der Waals surface area (Å²) in [6, 6.07) is 11.1. The highest BCUT2D eigenvalue weighted by Gasteiger charge is 2.08. The van der Waals surface area contributed by atoms with Gasteiger partial charge in [-0.15, -0.1) is 0 Å². The molecule has 1 N–H and O–H groups in total. The second kappa shape index (κ2) is 6.39. The third kappa shape index (κ3) is 3.60. The van der Waals surface area contributed by atoms with Gasteiger partial charge in [-0.05, 0) is 42.0 Å². The lowest BCUT2D eigenvalue weighted by Gasteiger charge is -2.05. The summed E-state index contributed by atoms with van der Waals surface area (Å²) in [5, 5.41) is 9.67. The quantitative estimate of drug-likeness (QED) is 0.922. The van der Waals surface area contributed by atoms with Gasteiger partial charge >= 0.3 is 5.97 Å². The van der Waals surface area contributed by atoms with E-state index in [4.69, 9.17) is 28.3 Å². The van der Waals surface area contributed by atoms with Crippen LogP contribution in [-0.2, 0) is 16.6 Å². The first-order valence-corrected chi connectivity index (χ1v) is 7.70. The fourth-order valence-corrected chi connectivity index (χ4v) is 3.02. The van der Waals surface area contributed by atoms with Gasteiger partial charge in [0.1, 0.15) is 0 Å². The molecule has 0 saturated heterocycles. The van der Waals surface area contributed by atoms with Gasteiger partial charge in [0.05, 0.1) is 32.2 Å². The molecule has 3 nitrogen and oxygen atoms in total. The van der Waals surface area contributed by atoms with Crippen LogP contribution in [0.15, 0.2) is 47.4 Å². The molecule has 0 amide bonds. The third-order valence-corrected chi connectivity index (χ3v) is 4.78. The number of carboxylic acid groups (broad SMARTS) is 1. The maximum absolute atomic E-state index is 12.2. The average molecular weight is 329 g/mol. The van der Waals surface area contributed by atoms with Gasteiger partial charge in [0.15, 0.2) is 0 Å². The minimum Gasteiger partial charge on any atom is -0.478 e. The van der Waals surface area contributed by atoms with E-state index in [0.29, 0.717) is 20.7 Å². The fraction of sp³-hybridized carbons (Fsp3) is 0.0714. The summed E-state index contributed by atoms with van der Waals surface area (Å²) in [6.07, 6.45) is 0. The third-order valence-electron chi connectivity index (χ3n) is 2.65. The van der Waals surface area contributed by atoms with Gasteiger partial charge < -0.3 is 5.11 Å². The zero-order valence-electron chi connectivity index (χ0n) is 10.2. The first-order chi connectivity index (χ1) is 9.47. The van der Waals surface area contributed by atoms with Crippen LogP contribution >= 0.6 is 23.2 Å². The van der Waals surface area contributed by atoms with E-state index in [1.807, 2.05) is 0 Å². The molecule has 0 fully saturated rings. The molecule has 1 atom stereocenters. The summed E-state index contributed by atoms with van der Waals surface area (Å²) in [4.78, 5) is 11.3. The molecule has 0 radical (unpaired) electrons. The highest BCUT2D eigenvalue weighted by molar-refractivity contribution is 7.84. The van der Waals surface area contributed by atoms with Crippen LogP contribution < -0.4 is 0 Å². The minimum absolute atomic E-state index is 0.167. The largest absolute Gasteiger partial charge is 0.478 e. The Balaban J connectivity index is 2.15. The number of halogens is 2. The summed E-state index contributed by atoms with van der Waals surface area (Å²) >= 11 is 11.7. The lowest BCUT2D eigenvalue weighted by atomic mass is 10.2. The zero-order valence-corrected chi connectivity index (χ0v) is 12.5. The Kier molecular flexibility index (Phi) is 4.81. The first kappa shape index (κ1) is 15.0. The Morgan fingerprint density at radius 2 is 1.70 bits per heavy atom. The molecule has 0 spiro atoms. The number of rotatable bonds is 4. The van der Waals surface area contributed by atoms with Crippen LogP contribution in [0.4, 0.5) is 0 Å². The van der Waals surface area contributed by atoms with Crippen LogP contribution in [0.25, 0.3) is 0 Å². The van der Waals surface area contributed by atoms with Crippen molar-refractivity contribution in [2.75, 3.05) is 0 Å². The molecule has 104 valence electrons. The number of hydrogen-bond acceptors (Lipinski definition) is 2. The zero-order chi connectivity index (χ0) is 14.7. The van der Waals surface area contributed by atoms with E-state index in [2.05, 4.69) is 0 Å². The first-order valence-electron chi connectivity index (χ1n) is 5.63. The van der Waals surface area contributed by atoms with Gasteiger partial charge in [-0.2, -0.15) is 0 Å². The van der Waals surface area contributed by atoms with Crippen LogP contribution in [0.2, 0.25) is 10.0 Å². The van der Waals surface area contributed by atoms with Crippen molar-refractivity contribution in [3.63, 3.8) is 0 Å². The Morgan fingerprint density at radius 3 is 2.25 bits per heavy atom. The van der Waals surface area contributed by atoms with Gasteiger partial charge in [-0.3, -0.25) is 4.21 Å². The Bertz CT molecular complexity index is 669. The molecule has 0 aromatic heterocycles. The second-order valence-corrected chi connectivity index (χ2v) is 6.33. The Hall–Kier alpha value is -1.36. The molecule has 0 aliphatic heterocycles. The summed E-state index contributed by atoms with van der Waals surface area (Å²) in [5.41, 5.74) is 0.973. The standard InChI is InChI=1S/C14H10Cl2O3S/c15-12-6-1-9(7-13(12)16)8-20(19)11-4-2-10(3-5-11)14(17)18/h1-7H,8H2,(H,17,18). The SMILES string of the molecule is O=C(O)c1ccc(S(=O)Cc2ccc(Cl)c(Cl)c2)cc1. The van der Waals surface area contributed by atoms with Crippen molar-refractivity contribution in [2.24, 2.45) is 0 Å². The number of carbonyl (C=O) groups is 1. The number of carboxylic acids is 1. The molecule has 0 aliphatic rings. The van der Waals surface area contributed by atoms with E-state index in [1.165, 1.54) is 12.1 Å². The van der Waals surface area contributed by atoms with Crippen LogP contribution in [0.3, 0.4) is 0 Å². The van der Waals surface area contributed by atoms with Crippen LogP contribution in [0.5, 0.6) is 0 Å². The minimum atomic E-state index is -1.27. The average Bonchev–Trinajstić information content (AvgIpc) is 2.43. The molecule has 6 heteroatoms. The highest BCUT2D eigenvalue weighted by atomic mass is 35.5. The second-order valence-electron chi connectivity index (χ2n) is 4.07. The summed E-state index contributed by atoms with van der Waals surface area (Å²) in [7, 11) is -1.27. The Morgan fingerprint density at radius 1 is 1.05 bits per heavy atom. The van der Waals surface area contributed by atoms with Gasteiger partial charge in [0.2, 0.25) is 0 Å². The molecule has 20 heavy (non-hydrogen) atoms. The molecule has 2 aromatic rings. The lowest BCUT2D eigenvalue weighted by Crippen LogP contribution is -1.99. The van der Waals surface area contributed by atoms with E-state index in [9.17, 15) is 9.00 Å². The monoisotopic (exact) mass is 328 g/mol. The molecule has 0 bridgehead atoms. The summed E-state index contributed by atoms with van der Waals surface area (Å²) in [5.74, 6) is -0.713. The van der Waals surface area contributed by atoms with Crippen LogP contribution in [0, 0.1) is 0 Å². The van der Waals surface area contributed by atoms with Gasteiger partial charge in [0, 0.05) is 4.90 Å². The fourth-order valence-electron chi connectivity index (χ4n) is 1.61. The molecule has 2 aromatic carbocycles. The maximum Gasteiger partial charge on any atom is 0.335 e. The number of hydrogen-bond donors (Lipinski definition) is 1. The van der Waals surface area contributed by atoms with Crippen LogP contribution in [-0.4, -0.2) is 15.3 Å². The van der Waals surface area contributed by atoms with Crippen molar-refractivity contribution >= 4 is 40.0 Å². The number of aromatic carboxylic acids is 1. The molecule has 2 rings (SSSR count). The number of benzene rings is 2. The van der Waals surface area contributed by atoms with E-state index in [-0.39, 0.29) is 5.56 Å². The molecule has 0 saturated carbocycles. The predicted molar refractivity (Wildman–Crippen MR) is 80.0 cm³/mol. The van der Waals surface area contributed by atoms with Crippen LogP contribution in [0.1, 0.15) is 15.9 Å². The summed E-state index contributed by atoms with van der Waals surface area (Å²) in [6.45, 7) is 0. The van der Waals surface area contributed by atoms with Crippen molar-refractivity contribution in [3.05, 3.63) is 63.6 Å². The molecule has 0 heterocycles. The Labute approximate surface area is 128 Å². The molecular formula is C14H10Cl2O3S. The highest BCUT2D eigenvalue weighted by Crippen LogP contribution is 2.24. The van der Waals surface area contributed by atoms with E-state index < -0.39 is 16.8 Å². The van der Waals surface area contributed by atoms with E-state index >= 15 is 0 Å². The van der Waals surface area contributed by atoms with E-state index in [0.717, 1.165) is 5.56 Å². The maximum atomic E-state index is 12.2. The molecule has 1 unspecified atom stereocenters. The van der Waals surface area contributed by atoms with Crippen molar-refractivity contribution in [1.82, 2.24) is 0 Å². The van der Waals surface area contributed by atoms with Gasteiger partial charge in [-0.25, -0.2) is 4.79 Å². The lowest BCUT2D eigenvalue weighted by molar-refractivity contribution is 0.0697. The topological polar surface area (TPSA) is 54.4 Å². The molecular weight excluding hydrogens is 319 g/mol. The predicted octanol–water partition coefficient (Wildman–Crippen LogP) is 4.00. The van der Waals surface area contributed by atoms with Crippen molar-refractivity contribution < 1.29 is 14.1 Å². The van der Waals surface area contributed by atoms with E-state index in [1.54, 1.807) is 30.3 Å². The van der Waals surface area contributed by atoms with Crippen molar-refractivity contribution in [2.45, 2.75) is 10.6 Å². The summed E-state index contributed by atoms with van der Waals surface area (Å²) < 4.78 is 12.2. The van der Waals surface area contributed by atoms with Crippen molar-refractivity contribution in [1.29, 1.82) is 0 Å². The van der Waals surface area contributed by atoms with Gasteiger partial charge in [-0.1, -0.05) is 29.3 Å².